The number of carbonyl (C=O) groups is 3. The van der Waals surface area contributed by atoms with Crippen LogP contribution >= 0.6 is 0 Å². The van der Waals surface area contributed by atoms with Gasteiger partial charge in [-0.2, -0.15) is 0 Å². The Morgan fingerprint density at radius 2 is 1.46 bits per heavy atom. The van der Waals surface area contributed by atoms with Gasteiger partial charge in [0.05, 0.1) is 11.2 Å². The molecule has 1 saturated heterocycles. The van der Waals surface area contributed by atoms with E-state index >= 15 is 0 Å². The highest BCUT2D eigenvalue weighted by molar-refractivity contribution is 6.45. The van der Waals surface area contributed by atoms with Gasteiger partial charge in [0.1, 0.15) is 5.54 Å². The summed E-state index contributed by atoms with van der Waals surface area (Å²) in [6.45, 7) is 20.9. The molecule has 1 atom stereocenters. The molecule has 1 heterocycles. The summed E-state index contributed by atoms with van der Waals surface area (Å²) >= 11 is 0. The molecule has 10 heteroatoms. The number of hydrogen-bond acceptors (Lipinski definition) is 5. The first kappa shape index (κ1) is 31.4. The Hall–Kier alpha value is -1.81. The first-order valence-corrected chi connectivity index (χ1v) is 13.6. The minimum absolute atomic E-state index is 0.176. The van der Waals surface area contributed by atoms with Crippen LogP contribution in [0.4, 0.5) is 4.79 Å². The van der Waals surface area contributed by atoms with Crippen LogP contribution in [0.5, 0.6) is 0 Å². The number of nitrogens with zero attached hydrogens (tertiary/aromatic N) is 1. The molecular weight excluding hydrogens is 473 g/mol. The molecule has 9 nitrogen and oxygen atoms in total. The van der Waals surface area contributed by atoms with Gasteiger partial charge < -0.3 is 29.9 Å². The maximum absolute atomic E-state index is 13.8. The van der Waals surface area contributed by atoms with Crippen LogP contribution in [-0.4, -0.2) is 68.9 Å². The lowest BCUT2D eigenvalue weighted by Crippen LogP contribution is -2.69. The fraction of sp³-hybridized carbons (Fsp3) is 0.889. The molecular formula is C27H50BN3O6. The van der Waals surface area contributed by atoms with Gasteiger partial charge in [0.15, 0.2) is 0 Å². The first-order chi connectivity index (χ1) is 16.6. The molecule has 2 rings (SSSR count). The molecule has 0 bridgehead atoms. The molecule has 0 radical (unpaired) electrons. The molecule has 3 amide bonds. The van der Waals surface area contributed by atoms with Gasteiger partial charge in [0.2, 0.25) is 11.8 Å². The summed E-state index contributed by atoms with van der Waals surface area (Å²) in [6, 6.07) is -0.206. The van der Waals surface area contributed by atoms with E-state index in [0.29, 0.717) is 32.0 Å². The van der Waals surface area contributed by atoms with Crippen LogP contribution in [0.1, 0.15) is 108 Å². The summed E-state index contributed by atoms with van der Waals surface area (Å²) in [7, 11) is -0.312. The molecule has 0 unspecified atom stereocenters. The zero-order chi connectivity index (χ0) is 28.6. The fourth-order valence-corrected chi connectivity index (χ4v) is 5.48. The average Bonchev–Trinajstić information content (AvgIpc) is 2.83. The van der Waals surface area contributed by atoms with Crippen molar-refractivity contribution in [1.29, 1.82) is 0 Å². The summed E-state index contributed by atoms with van der Waals surface area (Å²) < 4.78 is 12.2. The summed E-state index contributed by atoms with van der Waals surface area (Å²) in [5.74, 6) is -0.666. The number of amides is 3. The topological polar surface area (TPSA) is 117 Å². The maximum atomic E-state index is 13.8. The van der Waals surface area contributed by atoms with Crippen molar-refractivity contribution in [2.75, 3.05) is 0 Å². The van der Waals surface area contributed by atoms with E-state index in [1.165, 1.54) is 11.8 Å². The third-order valence-corrected chi connectivity index (χ3v) is 7.96. The van der Waals surface area contributed by atoms with E-state index in [-0.39, 0.29) is 30.9 Å². The van der Waals surface area contributed by atoms with Gasteiger partial charge in [-0.1, -0.05) is 12.8 Å². The molecule has 2 aliphatic rings. The second kappa shape index (κ2) is 10.8. The van der Waals surface area contributed by atoms with Gasteiger partial charge in [0.25, 0.3) is 0 Å². The van der Waals surface area contributed by atoms with E-state index < -0.39 is 33.9 Å². The summed E-state index contributed by atoms with van der Waals surface area (Å²) in [5.41, 5.74) is -2.95. The van der Waals surface area contributed by atoms with Crippen molar-refractivity contribution >= 4 is 25.0 Å². The smallest absolute Gasteiger partial charge is 0.457 e. The van der Waals surface area contributed by atoms with Crippen molar-refractivity contribution in [3.63, 3.8) is 0 Å². The van der Waals surface area contributed by atoms with Gasteiger partial charge >= 0.3 is 13.2 Å². The van der Waals surface area contributed by atoms with E-state index in [1.807, 2.05) is 69.2 Å². The van der Waals surface area contributed by atoms with Crippen molar-refractivity contribution in [2.24, 2.45) is 5.92 Å². The Morgan fingerprint density at radius 1 is 0.946 bits per heavy atom. The van der Waals surface area contributed by atoms with E-state index in [9.17, 15) is 19.5 Å². The van der Waals surface area contributed by atoms with E-state index in [2.05, 4.69) is 10.6 Å². The third-order valence-electron chi connectivity index (χ3n) is 7.96. The van der Waals surface area contributed by atoms with E-state index in [4.69, 9.17) is 9.31 Å². The highest BCUT2D eigenvalue weighted by atomic mass is 16.7. The van der Waals surface area contributed by atoms with Crippen molar-refractivity contribution in [2.45, 2.75) is 148 Å². The van der Waals surface area contributed by atoms with Crippen LogP contribution in [0.2, 0.25) is 6.32 Å². The zero-order valence-electron chi connectivity index (χ0n) is 24.9. The van der Waals surface area contributed by atoms with Gasteiger partial charge in [-0.15, -0.1) is 0 Å². The van der Waals surface area contributed by atoms with Gasteiger partial charge in [-0.05, 0) is 101 Å². The fourth-order valence-electron chi connectivity index (χ4n) is 5.48. The second-order valence-electron chi connectivity index (χ2n) is 13.9. The van der Waals surface area contributed by atoms with Crippen molar-refractivity contribution in [3.05, 3.63) is 0 Å². The Bertz CT molecular complexity index is 841. The van der Waals surface area contributed by atoms with Gasteiger partial charge in [-0.25, -0.2) is 4.79 Å². The number of rotatable bonds is 9. The standard InChI is InChI=1S/C27H50BN3O6/c1-18(32)29-27(21(33)30-23(2,3)4,19-16-20(17-19)31(22(34)35)24(5,6)7)14-12-13-15-28-36-25(8,9)26(10,11)37-28/h19-20H,12-17H2,1-11H3,(H,29,32)(H,30,33)(H,34,35)/t19-,20-,27-/m1/s1. The maximum Gasteiger partial charge on any atom is 0.457 e. The predicted octanol–water partition coefficient (Wildman–Crippen LogP) is 4.60. The Morgan fingerprint density at radius 3 is 1.86 bits per heavy atom. The van der Waals surface area contributed by atoms with Crippen LogP contribution in [-0.2, 0) is 18.9 Å². The number of unbranched alkanes of at least 4 members (excludes halogenated alkanes) is 1. The van der Waals surface area contributed by atoms with Crippen molar-refractivity contribution in [3.8, 4) is 0 Å². The normalized spacial score (nSPS) is 24.6. The van der Waals surface area contributed by atoms with Crippen molar-refractivity contribution in [1.82, 2.24) is 15.5 Å². The first-order valence-electron chi connectivity index (χ1n) is 13.6. The van der Waals surface area contributed by atoms with Crippen LogP contribution in [0.3, 0.4) is 0 Å². The number of carboxylic acid groups (broad SMARTS) is 1. The quantitative estimate of drug-likeness (QED) is 0.301. The number of nitrogens with one attached hydrogen (secondary N) is 2. The van der Waals surface area contributed by atoms with Crippen LogP contribution in [0.15, 0.2) is 0 Å². The van der Waals surface area contributed by atoms with Gasteiger partial charge in [0, 0.05) is 24.0 Å². The lowest BCUT2D eigenvalue weighted by Gasteiger charge is -2.53. The molecule has 1 saturated carbocycles. The van der Waals surface area contributed by atoms with Crippen LogP contribution in [0, 0.1) is 5.92 Å². The lowest BCUT2D eigenvalue weighted by atomic mass is 9.64. The lowest BCUT2D eigenvalue weighted by molar-refractivity contribution is -0.140. The van der Waals surface area contributed by atoms with Crippen LogP contribution < -0.4 is 10.6 Å². The zero-order valence-corrected chi connectivity index (χ0v) is 24.9. The van der Waals surface area contributed by atoms with Gasteiger partial charge in [-0.3, -0.25) is 9.59 Å². The van der Waals surface area contributed by atoms with E-state index in [1.54, 1.807) is 0 Å². The molecule has 1 aliphatic carbocycles. The minimum Gasteiger partial charge on any atom is -0.465 e. The molecule has 212 valence electrons. The Labute approximate surface area is 223 Å². The molecule has 37 heavy (non-hydrogen) atoms. The third kappa shape index (κ3) is 7.40. The summed E-state index contributed by atoms with van der Waals surface area (Å²) in [6.07, 6.45) is 2.65. The molecule has 1 aliphatic heterocycles. The summed E-state index contributed by atoms with van der Waals surface area (Å²) in [5, 5.41) is 15.9. The Kier molecular flexibility index (Phi) is 9.13. The summed E-state index contributed by atoms with van der Waals surface area (Å²) in [4.78, 5) is 39.7. The van der Waals surface area contributed by atoms with Crippen LogP contribution in [0.25, 0.3) is 0 Å². The second-order valence-corrected chi connectivity index (χ2v) is 13.9. The molecule has 0 aromatic heterocycles. The highest BCUT2D eigenvalue weighted by Crippen LogP contribution is 2.44. The largest absolute Gasteiger partial charge is 0.465 e. The van der Waals surface area contributed by atoms with Crippen molar-refractivity contribution < 1.29 is 28.8 Å². The molecule has 3 N–H and O–H groups in total. The monoisotopic (exact) mass is 523 g/mol. The molecule has 0 aromatic carbocycles. The SMILES string of the molecule is CC(=O)N[C@@](CCCCB1OC(C)(C)C(C)(C)O1)(C(=O)NC(C)(C)C)[C@H]1C[C@H](N(C(=O)O)C(C)(C)C)C1. The predicted molar refractivity (Wildman–Crippen MR) is 145 cm³/mol. The Balaban J connectivity index is 2.21. The number of carbonyl (C=O) groups excluding carboxylic acids is 2. The average molecular weight is 524 g/mol. The highest BCUT2D eigenvalue weighted by Gasteiger charge is 2.55. The minimum atomic E-state index is -1.12. The molecule has 0 spiro atoms. The molecule has 0 aromatic rings. The number of hydrogen-bond donors (Lipinski definition) is 3. The molecule has 2 fully saturated rings. The van der Waals surface area contributed by atoms with E-state index in [0.717, 1.165) is 6.42 Å².